The van der Waals surface area contributed by atoms with Gasteiger partial charge in [-0.1, -0.05) is 17.7 Å². The van der Waals surface area contributed by atoms with Crippen molar-refractivity contribution in [2.75, 3.05) is 39.2 Å². The number of hydrogen-bond acceptors (Lipinski definition) is 6. The standard InChI is InChI=1S/C19H24N4O3/c1-14-4-6-16(7-5-14)26-13-19(25-3)8-9-23(12-19)18(24)17-21-10-15(20-2)11-22-17/h4-7,10-11,20H,8-9,12-13H2,1-3H3/t19-/m1/s1. The van der Waals surface area contributed by atoms with Gasteiger partial charge in [0.2, 0.25) is 5.82 Å². The molecule has 0 bridgehead atoms. The van der Waals surface area contributed by atoms with E-state index in [-0.39, 0.29) is 11.7 Å². The van der Waals surface area contributed by atoms with Crippen LogP contribution in [-0.4, -0.2) is 60.2 Å². The van der Waals surface area contributed by atoms with E-state index in [2.05, 4.69) is 15.3 Å². The van der Waals surface area contributed by atoms with Crippen molar-refractivity contribution in [2.24, 2.45) is 0 Å². The highest BCUT2D eigenvalue weighted by molar-refractivity contribution is 5.90. The van der Waals surface area contributed by atoms with Crippen LogP contribution >= 0.6 is 0 Å². The van der Waals surface area contributed by atoms with Gasteiger partial charge in [-0.3, -0.25) is 4.79 Å². The summed E-state index contributed by atoms with van der Waals surface area (Å²) in [5.74, 6) is 0.792. The van der Waals surface area contributed by atoms with Gasteiger partial charge in [0, 0.05) is 20.7 Å². The molecule has 1 saturated heterocycles. The van der Waals surface area contributed by atoms with Crippen molar-refractivity contribution in [3.63, 3.8) is 0 Å². The monoisotopic (exact) mass is 356 g/mol. The first-order valence-electron chi connectivity index (χ1n) is 8.59. The predicted octanol–water partition coefficient (Wildman–Crippen LogP) is 2.14. The van der Waals surface area contributed by atoms with Crippen LogP contribution in [0.3, 0.4) is 0 Å². The summed E-state index contributed by atoms with van der Waals surface area (Å²) in [5, 5.41) is 2.93. The Kier molecular flexibility index (Phi) is 5.37. The molecule has 0 aliphatic carbocycles. The highest BCUT2D eigenvalue weighted by Crippen LogP contribution is 2.27. The van der Waals surface area contributed by atoms with Gasteiger partial charge in [-0.2, -0.15) is 0 Å². The van der Waals surface area contributed by atoms with Crippen LogP contribution in [0.15, 0.2) is 36.7 Å². The molecule has 138 valence electrons. The van der Waals surface area contributed by atoms with E-state index in [0.717, 1.165) is 11.4 Å². The summed E-state index contributed by atoms with van der Waals surface area (Å²) in [4.78, 5) is 22.6. The lowest BCUT2D eigenvalue weighted by molar-refractivity contribution is -0.0343. The number of likely N-dealkylation sites (tertiary alicyclic amines) is 1. The van der Waals surface area contributed by atoms with Crippen molar-refractivity contribution in [2.45, 2.75) is 18.9 Å². The summed E-state index contributed by atoms with van der Waals surface area (Å²) in [6.45, 7) is 3.45. The first-order valence-corrected chi connectivity index (χ1v) is 8.59. The molecule has 1 aromatic carbocycles. The molecule has 1 N–H and O–H groups in total. The number of aromatic nitrogens is 2. The fourth-order valence-electron chi connectivity index (χ4n) is 2.92. The lowest BCUT2D eigenvalue weighted by atomic mass is 10.0. The van der Waals surface area contributed by atoms with Gasteiger partial charge in [0.05, 0.1) is 24.6 Å². The molecule has 2 heterocycles. The summed E-state index contributed by atoms with van der Waals surface area (Å²) in [5.41, 5.74) is 1.42. The zero-order valence-corrected chi connectivity index (χ0v) is 15.4. The Hall–Kier alpha value is -2.67. The van der Waals surface area contributed by atoms with E-state index in [9.17, 15) is 4.79 Å². The van der Waals surface area contributed by atoms with Crippen LogP contribution in [0.5, 0.6) is 5.75 Å². The van der Waals surface area contributed by atoms with Gasteiger partial charge < -0.3 is 19.7 Å². The maximum atomic E-state index is 12.6. The molecule has 1 aliphatic rings. The Morgan fingerprint density at radius 3 is 2.58 bits per heavy atom. The van der Waals surface area contributed by atoms with Crippen LogP contribution in [0.1, 0.15) is 22.6 Å². The minimum absolute atomic E-state index is 0.190. The van der Waals surface area contributed by atoms with E-state index < -0.39 is 5.60 Å². The molecule has 2 aromatic rings. The van der Waals surface area contributed by atoms with Crippen molar-refractivity contribution in [3.05, 3.63) is 48.0 Å². The lowest BCUT2D eigenvalue weighted by Gasteiger charge is -2.27. The molecular formula is C19H24N4O3. The first-order chi connectivity index (χ1) is 12.5. The molecule has 1 atom stereocenters. The Labute approximate surface area is 153 Å². The minimum atomic E-state index is -0.522. The Morgan fingerprint density at radius 1 is 1.27 bits per heavy atom. The second kappa shape index (κ2) is 7.70. The number of carbonyl (C=O) groups excluding carboxylic acids is 1. The molecule has 1 aliphatic heterocycles. The minimum Gasteiger partial charge on any atom is -0.491 e. The van der Waals surface area contributed by atoms with Crippen LogP contribution in [0.2, 0.25) is 0 Å². The third-order valence-corrected chi connectivity index (χ3v) is 4.69. The number of nitrogens with one attached hydrogen (secondary N) is 1. The number of anilines is 1. The van der Waals surface area contributed by atoms with E-state index >= 15 is 0 Å². The second-order valence-corrected chi connectivity index (χ2v) is 6.51. The Balaban J connectivity index is 1.63. The van der Waals surface area contributed by atoms with Gasteiger partial charge >= 0.3 is 0 Å². The molecule has 7 heteroatoms. The van der Waals surface area contributed by atoms with Crippen molar-refractivity contribution >= 4 is 11.6 Å². The Bertz CT molecular complexity index is 748. The molecule has 1 fully saturated rings. The molecule has 0 radical (unpaired) electrons. The SMILES string of the molecule is CNc1cnc(C(=O)N2CC[C@@](COc3ccc(C)cc3)(OC)C2)nc1. The summed E-state index contributed by atoms with van der Waals surface area (Å²) < 4.78 is 11.6. The molecular weight excluding hydrogens is 332 g/mol. The molecule has 0 unspecified atom stereocenters. The number of aryl methyl sites for hydroxylation is 1. The van der Waals surface area contributed by atoms with E-state index in [0.29, 0.717) is 26.1 Å². The van der Waals surface area contributed by atoms with Crippen molar-refractivity contribution in [1.82, 2.24) is 14.9 Å². The maximum absolute atomic E-state index is 12.6. The van der Waals surface area contributed by atoms with Gasteiger partial charge in [-0.25, -0.2) is 9.97 Å². The summed E-state index contributed by atoms with van der Waals surface area (Å²) >= 11 is 0. The molecule has 0 saturated carbocycles. The average Bonchev–Trinajstić information content (AvgIpc) is 3.12. The van der Waals surface area contributed by atoms with Crippen molar-refractivity contribution in [1.29, 1.82) is 0 Å². The van der Waals surface area contributed by atoms with Gasteiger partial charge in [0.25, 0.3) is 5.91 Å². The zero-order valence-electron chi connectivity index (χ0n) is 15.4. The van der Waals surface area contributed by atoms with Crippen LogP contribution < -0.4 is 10.1 Å². The van der Waals surface area contributed by atoms with Crippen molar-refractivity contribution < 1.29 is 14.3 Å². The number of rotatable bonds is 6. The third kappa shape index (κ3) is 3.94. The number of benzene rings is 1. The molecule has 7 nitrogen and oxygen atoms in total. The number of amides is 1. The van der Waals surface area contributed by atoms with E-state index in [1.165, 1.54) is 5.56 Å². The Morgan fingerprint density at radius 2 is 1.96 bits per heavy atom. The molecule has 1 amide bonds. The highest BCUT2D eigenvalue weighted by Gasteiger charge is 2.41. The van der Waals surface area contributed by atoms with Crippen LogP contribution in [0.4, 0.5) is 5.69 Å². The highest BCUT2D eigenvalue weighted by atomic mass is 16.5. The summed E-state index contributed by atoms with van der Waals surface area (Å²) in [6.07, 6.45) is 3.90. The number of methoxy groups -OCH3 is 1. The van der Waals surface area contributed by atoms with E-state index in [1.807, 2.05) is 31.2 Å². The zero-order chi connectivity index (χ0) is 18.6. The molecule has 1 aromatic heterocycles. The van der Waals surface area contributed by atoms with E-state index in [4.69, 9.17) is 9.47 Å². The topological polar surface area (TPSA) is 76.6 Å². The maximum Gasteiger partial charge on any atom is 0.291 e. The van der Waals surface area contributed by atoms with Gasteiger partial charge in [-0.05, 0) is 25.5 Å². The van der Waals surface area contributed by atoms with E-state index in [1.54, 1.807) is 31.5 Å². The van der Waals surface area contributed by atoms with Gasteiger partial charge in [0.1, 0.15) is 18.0 Å². The van der Waals surface area contributed by atoms with Gasteiger partial charge in [0.15, 0.2) is 0 Å². The van der Waals surface area contributed by atoms with Crippen LogP contribution in [0.25, 0.3) is 0 Å². The van der Waals surface area contributed by atoms with Crippen molar-refractivity contribution in [3.8, 4) is 5.75 Å². The van der Waals surface area contributed by atoms with Gasteiger partial charge in [-0.15, -0.1) is 0 Å². The largest absolute Gasteiger partial charge is 0.491 e. The first kappa shape index (κ1) is 18.1. The molecule has 0 spiro atoms. The quantitative estimate of drug-likeness (QED) is 0.855. The second-order valence-electron chi connectivity index (χ2n) is 6.51. The smallest absolute Gasteiger partial charge is 0.291 e. The number of carbonyl (C=O) groups is 1. The third-order valence-electron chi connectivity index (χ3n) is 4.69. The number of nitrogens with zero attached hydrogens (tertiary/aromatic N) is 3. The summed E-state index contributed by atoms with van der Waals surface area (Å²) in [6, 6.07) is 7.89. The normalized spacial score (nSPS) is 19.4. The average molecular weight is 356 g/mol. The summed E-state index contributed by atoms with van der Waals surface area (Å²) in [7, 11) is 3.44. The molecule has 3 rings (SSSR count). The molecule has 26 heavy (non-hydrogen) atoms. The fraction of sp³-hybridized carbons (Fsp3) is 0.421. The predicted molar refractivity (Wildman–Crippen MR) is 98.5 cm³/mol. The number of ether oxygens (including phenoxy) is 2. The lowest BCUT2D eigenvalue weighted by Crippen LogP contribution is -2.42. The van der Waals surface area contributed by atoms with Crippen LogP contribution in [0, 0.1) is 6.92 Å². The van der Waals surface area contributed by atoms with Crippen LogP contribution in [-0.2, 0) is 4.74 Å². The number of hydrogen-bond donors (Lipinski definition) is 1. The fourth-order valence-corrected chi connectivity index (χ4v) is 2.92.